The summed E-state index contributed by atoms with van der Waals surface area (Å²) in [5.41, 5.74) is 9.53. The minimum Gasteiger partial charge on any atom is -0.492 e. The zero-order valence-corrected chi connectivity index (χ0v) is 17.6. The Morgan fingerprint density at radius 2 is 2.07 bits per heavy atom. The molecule has 1 aliphatic heterocycles. The van der Waals surface area contributed by atoms with Gasteiger partial charge in [0.2, 0.25) is 0 Å². The number of hydrogen-bond donors (Lipinski definition) is 2. The van der Waals surface area contributed by atoms with Crippen LogP contribution in [0.1, 0.15) is 41.9 Å². The molecule has 0 fully saturated rings. The van der Waals surface area contributed by atoms with E-state index in [4.69, 9.17) is 15.2 Å². The van der Waals surface area contributed by atoms with E-state index in [-0.39, 0.29) is 12.5 Å². The van der Waals surface area contributed by atoms with Crippen LogP contribution in [0.3, 0.4) is 0 Å². The Hall–Kier alpha value is -3.28. The molecule has 0 atom stereocenters. The molecule has 0 bridgehead atoms. The number of nitrogens with one attached hydrogen (secondary N) is 1. The molecule has 6 nitrogen and oxygen atoms in total. The molecule has 0 unspecified atom stereocenters. The van der Waals surface area contributed by atoms with E-state index < -0.39 is 5.54 Å². The summed E-state index contributed by atoms with van der Waals surface area (Å²) in [6.45, 7) is 6.69. The van der Waals surface area contributed by atoms with Crippen LogP contribution in [0.15, 0.2) is 42.5 Å². The smallest absolute Gasteiger partial charge is 0.255 e. The molecule has 1 aromatic heterocycles. The van der Waals surface area contributed by atoms with Crippen LogP contribution in [0.2, 0.25) is 0 Å². The number of anilines is 1. The van der Waals surface area contributed by atoms with Gasteiger partial charge in [0.1, 0.15) is 18.1 Å². The van der Waals surface area contributed by atoms with Crippen LogP contribution in [0.4, 0.5) is 5.69 Å². The Morgan fingerprint density at radius 3 is 2.90 bits per heavy atom. The summed E-state index contributed by atoms with van der Waals surface area (Å²) in [6.07, 6.45) is 1.90. The summed E-state index contributed by atoms with van der Waals surface area (Å²) >= 11 is 0. The molecule has 1 aliphatic rings. The highest BCUT2D eigenvalue weighted by Gasteiger charge is 2.26. The maximum Gasteiger partial charge on any atom is 0.255 e. The zero-order valence-electron chi connectivity index (χ0n) is 17.6. The topological polar surface area (TPSA) is 86.5 Å². The molecule has 2 heterocycles. The van der Waals surface area contributed by atoms with Gasteiger partial charge in [0.15, 0.2) is 0 Å². The van der Waals surface area contributed by atoms with E-state index in [1.54, 1.807) is 6.07 Å². The van der Waals surface area contributed by atoms with E-state index >= 15 is 0 Å². The number of rotatable bonds is 5. The number of benzene rings is 2. The lowest BCUT2D eigenvalue weighted by molar-refractivity contribution is 0.0876. The summed E-state index contributed by atoms with van der Waals surface area (Å²) in [5, 5.41) is 3.86. The van der Waals surface area contributed by atoms with Gasteiger partial charge in [-0.1, -0.05) is 18.2 Å². The largest absolute Gasteiger partial charge is 0.492 e. The molecule has 0 saturated heterocycles. The molecule has 30 heavy (non-hydrogen) atoms. The molecule has 0 spiro atoms. The molecule has 3 N–H and O–H groups in total. The predicted molar refractivity (Wildman–Crippen MR) is 118 cm³/mol. The Balaban J connectivity index is 1.51. The standard InChI is InChI=1S/C24H27N3O3/c1-15-13-18(25)21-19(26-15)10-5-11-20(21)30-14-24(2,3)27-23(28)17-9-4-7-16-8-6-12-29-22(16)17/h4-5,7,9-11,13H,6,8,12,14H2,1-3H3,(H2,25,26)(H,27,28). The minimum absolute atomic E-state index is 0.169. The third-order valence-corrected chi connectivity index (χ3v) is 5.17. The van der Waals surface area contributed by atoms with Gasteiger partial charge in [-0.15, -0.1) is 0 Å². The van der Waals surface area contributed by atoms with Crippen molar-refractivity contribution in [2.24, 2.45) is 0 Å². The first kappa shape index (κ1) is 20.0. The third-order valence-electron chi connectivity index (χ3n) is 5.17. The van der Waals surface area contributed by atoms with Gasteiger partial charge in [0, 0.05) is 11.4 Å². The zero-order chi connectivity index (χ0) is 21.3. The minimum atomic E-state index is -0.608. The van der Waals surface area contributed by atoms with Gasteiger partial charge in [-0.05, 0) is 63.4 Å². The van der Waals surface area contributed by atoms with Crippen molar-refractivity contribution in [2.45, 2.75) is 39.2 Å². The Morgan fingerprint density at radius 1 is 1.27 bits per heavy atom. The van der Waals surface area contributed by atoms with Crippen molar-refractivity contribution < 1.29 is 14.3 Å². The molecule has 4 rings (SSSR count). The van der Waals surface area contributed by atoms with E-state index in [0.29, 0.717) is 29.4 Å². The first-order valence-corrected chi connectivity index (χ1v) is 10.2. The quantitative estimate of drug-likeness (QED) is 0.669. The lowest BCUT2D eigenvalue weighted by Crippen LogP contribution is -2.48. The highest BCUT2D eigenvalue weighted by molar-refractivity contribution is 5.98. The van der Waals surface area contributed by atoms with Crippen molar-refractivity contribution in [3.05, 3.63) is 59.3 Å². The maximum atomic E-state index is 13.0. The summed E-state index contributed by atoms with van der Waals surface area (Å²) in [4.78, 5) is 17.5. The fraction of sp³-hybridized carbons (Fsp3) is 0.333. The number of aryl methyl sites for hydroxylation is 2. The van der Waals surface area contributed by atoms with Gasteiger partial charge in [0.25, 0.3) is 5.91 Å². The van der Waals surface area contributed by atoms with E-state index in [2.05, 4.69) is 10.3 Å². The molecule has 1 amide bonds. The number of amides is 1. The number of fused-ring (bicyclic) bond motifs is 2. The van der Waals surface area contributed by atoms with Crippen molar-refractivity contribution in [2.75, 3.05) is 18.9 Å². The second-order valence-electron chi connectivity index (χ2n) is 8.38. The van der Waals surface area contributed by atoms with E-state index in [1.165, 1.54) is 0 Å². The molecule has 6 heteroatoms. The molecular formula is C24H27N3O3. The Kier molecular flexibility index (Phi) is 5.24. The van der Waals surface area contributed by atoms with Gasteiger partial charge < -0.3 is 20.5 Å². The lowest BCUT2D eigenvalue weighted by Gasteiger charge is -2.28. The van der Waals surface area contributed by atoms with Crippen LogP contribution < -0.4 is 20.5 Å². The summed E-state index contributed by atoms with van der Waals surface area (Å²) in [5.74, 6) is 1.18. The highest BCUT2D eigenvalue weighted by atomic mass is 16.5. The van der Waals surface area contributed by atoms with E-state index in [9.17, 15) is 4.79 Å². The van der Waals surface area contributed by atoms with Crippen molar-refractivity contribution in [3.63, 3.8) is 0 Å². The van der Waals surface area contributed by atoms with E-state index in [1.807, 2.05) is 57.2 Å². The maximum absolute atomic E-state index is 13.0. The molecular weight excluding hydrogens is 378 g/mol. The van der Waals surface area contributed by atoms with Crippen molar-refractivity contribution in [1.29, 1.82) is 0 Å². The number of carbonyl (C=O) groups excluding carboxylic acids is 1. The average Bonchev–Trinajstić information content (AvgIpc) is 2.71. The number of nitrogens with zero attached hydrogens (tertiary/aromatic N) is 1. The number of para-hydroxylation sites is 1. The van der Waals surface area contributed by atoms with Gasteiger partial charge in [-0.2, -0.15) is 0 Å². The Bertz CT molecular complexity index is 1110. The van der Waals surface area contributed by atoms with Crippen molar-refractivity contribution in [3.8, 4) is 11.5 Å². The monoisotopic (exact) mass is 405 g/mol. The molecule has 156 valence electrons. The second kappa shape index (κ2) is 7.86. The van der Waals surface area contributed by atoms with Crippen LogP contribution in [-0.2, 0) is 6.42 Å². The first-order chi connectivity index (χ1) is 14.3. The normalized spacial score (nSPS) is 13.4. The number of hydrogen-bond acceptors (Lipinski definition) is 5. The molecule has 3 aromatic rings. The first-order valence-electron chi connectivity index (χ1n) is 10.2. The third kappa shape index (κ3) is 4.03. The van der Waals surface area contributed by atoms with Crippen LogP contribution in [0.5, 0.6) is 11.5 Å². The summed E-state index contributed by atoms with van der Waals surface area (Å²) in [6, 6.07) is 13.2. The average molecular weight is 405 g/mol. The number of nitrogen functional groups attached to an aromatic ring is 1. The molecule has 2 aromatic carbocycles. The summed E-state index contributed by atoms with van der Waals surface area (Å²) < 4.78 is 11.9. The fourth-order valence-electron chi connectivity index (χ4n) is 3.78. The molecule has 0 saturated carbocycles. The van der Waals surface area contributed by atoms with Gasteiger partial charge in [-0.3, -0.25) is 9.78 Å². The lowest BCUT2D eigenvalue weighted by atomic mass is 10.0. The number of pyridine rings is 1. The van der Waals surface area contributed by atoms with Crippen LogP contribution in [0, 0.1) is 6.92 Å². The van der Waals surface area contributed by atoms with Crippen LogP contribution in [0.25, 0.3) is 10.9 Å². The number of aromatic nitrogens is 1. The van der Waals surface area contributed by atoms with Crippen LogP contribution >= 0.6 is 0 Å². The number of carbonyl (C=O) groups is 1. The number of nitrogens with two attached hydrogens (primary N) is 1. The number of ether oxygens (including phenoxy) is 2. The van der Waals surface area contributed by atoms with Crippen LogP contribution in [-0.4, -0.2) is 29.6 Å². The Labute approximate surface area is 176 Å². The van der Waals surface area contributed by atoms with Gasteiger partial charge >= 0.3 is 0 Å². The van der Waals surface area contributed by atoms with Crippen molar-refractivity contribution >= 4 is 22.5 Å². The SMILES string of the molecule is Cc1cc(N)c2c(OCC(C)(C)NC(=O)c3cccc4c3OCCC4)cccc2n1. The highest BCUT2D eigenvalue weighted by Crippen LogP contribution is 2.31. The molecule has 0 radical (unpaired) electrons. The van der Waals surface area contributed by atoms with Crippen molar-refractivity contribution in [1.82, 2.24) is 10.3 Å². The predicted octanol–water partition coefficient (Wildman–Crippen LogP) is 4.04. The molecule has 0 aliphatic carbocycles. The second-order valence-corrected chi connectivity index (χ2v) is 8.38. The fourth-order valence-corrected chi connectivity index (χ4v) is 3.78. The van der Waals surface area contributed by atoms with E-state index in [0.717, 1.165) is 35.0 Å². The van der Waals surface area contributed by atoms with Gasteiger partial charge in [-0.25, -0.2) is 0 Å². The summed E-state index contributed by atoms with van der Waals surface area (Å²) in [7, 11) is 0. The van der Waals surface area contributed by atoms with Gasteiger partial charge in [0.05, 0.1) is 28.6 Å².